The van der Waals surface area contributed by atoms with Gasteiger partial charge in [-0.25, -0.2) is 14.4 Å². The maximum atomic E-state index is 13.7. The lowest BCUT2D eigenvalue weighted by Gasteiger charge is -2.35. The van der Waals surface area contributed by atoms with Gasteiger partial charge in [-0.2, -0.15) is 0 Å². The third-order valence-electron chi connectivity index (χ3n) is 5.45. The fraction of sp³-hybridized carbons (Fsp3) is 0.350. The van der Waals surface area contributed by atoms with Crippen molar-refractivity contribution in [1.29, 1.82) is 0 Å². The van der Waals surface area contributed by atoms with Crippen LogP contribution >= 0.6 is 11.3 Å². The number of imidazole rings is 1. The zero-order valence-electron chi connectivity index (χ0n) is 15.4. The molecule has 4 heterocycles. The van der Waals surface area contributed by atoms with E-state index in [1.54, 1.807) is 17.6 Å². The molecule has 0 N–H and O–H groups in total. The van der Waals surface area contributed by atoms with E-state index in [9.17, 15) is 9.18 Å². The summed E-state index contributed by atoms with van der Waals surface area (Å²) >= 11 is 1.48. The molecule has 0 saturated carbocycles. The number of rotatable bonds is 2. The van der Waals surface area contributed by atoms with Gasteiger partial charge in [0.1, 0.15) is 29.5 Å². The molecule has 5 rings (SSSR count). The van der Waals surface area contributed by atoms with Crippen LogP contribution in [0, 0.1) is 12.7 Å². The third-order valence-corrected chi connectivity index (χ3v) is 6.23. The number of nitrogens with zero attached hydrogens (tertiary/aromatic N) is 4. The van der Waals surface area contributed by atoms with Crippen molar-refractivity contribution in [2.45, 2.75) is 32.1 Å². The number of thiazole rings is 1. The van der Waals surface area contributed by atoms with Crippen molar-refractivity contribution in [2.24, 2.45) is 0 Å². The van der Waals surface area contributed by atoms with Crippen molar-refractivity contribution < 1.29 is 13.9 Å². The maximum Gasteiger partial charge on any atom is 0.273 e. The molecular weight excluding hydrogens is 379 g/mol. The predicted octanol–water partition coefficient (Wildman–Crippen LogP) is 3.27. The number of aryl methyl sites for hydroxylation is 1. The van der Waals surface area contributed by atoms with Gasteiger partial charge in [0.15, 0.2) is 0 Å². The van der Waals surface area contributed by atoms with Crippen molar-refractivity contribution in [3.8, 4) is 11.3 Å². The molecule has 1 atom stereocenters. The first kappa shape index (κ1) is 17.5. The van der Waals surface area contributed by atoms with Crippen molar-refractivity contribution in [2.75, 3.05) is 13.1 Å². The molecule has 0 unspecified atom stereocenters. The van der Waals surface area contributed by atoms with E-state index in [-0.39, 0.29) is 11.7 Å². The van der Waals surface area contributed by atoms with Gasteiger partial charge in [-0.05, 0) is 25.5 Å². The van der Waals surface area contributed by atoms with Crippen LogP contribution in [0.4, 0.5) is 4.39 Å². The largest absolute Gasteiger partial charge is 0.363 e. The molecule has 2 aromatic heterocycles. The molecule has 1 spiro atoms. The molecule has 28 heavy (non-hydrogen) atoms. The Labute approximate surface area is 165 Å². The lowest BCUT2D eigenvalue weighted by molar-refractivity contribution is -0.0804. The molecule has 0 radical (unpaired) electrons. The zero-order chi connectivity index (χ0) is 19.3. The van der Waals surface area contributed by atoms with Gasteiger partial charge in [-0.3, -0.25) is 4.79 Å². The van der Waals surface area contributed by atoms with Crippen LogP contribution in [0.25, 0.3) is 11.3 Å². The number of aromatic nitrogens is 3. The summed E-state index contributed by atoms with van der Waals surface area (Å²) in [5.74, 6) is 0.502. The van der Waals surface area contributed by atoms with Crippen LogP contribution in [0.3, 0.4) is 0 Å². The minimum absolute atomic E-state index is 0.0494. The van der Waals surface area contributed by atoms with Gasteiger partial charge in [0.25, 0.3) is 5.91 Å². The highest BCUT2D eigenvalue weighted by molar-refractivity contribution is 7.09. The predicted molar refractivity (Wildman–Crippen MR) is 103 cm³/mol. The van der Waals surface area contributed by atoms with Crippen LogP contribution in [0.2, 0.25) is 0 Å². The summed E-state index contributed by atoms with van der Waals surface area (Å²) in [4.78, 5) is 23.3. The number of benzene rings is 1. The average Bonchev–Trinajstić information content (AvgIpc) is 3.40. The summed E-state index contributed by atoms with van der Waals surface area (Å²) in [5.41, 5.74) is 1.71. The van der Waals surface area contributed by atoms with Gasteiger partial charge in [-0.1, -0.05) is 12.1 Å². The number of carbonyl (C=O) groups is 1. The number of fused-ring (bicyclic) bond motifs is 1. The highest BCUT2D eigenvalue weighted by Crippen LogP contribution is 2.35. The van der Waals surface area contributed by atoms with Crippen molar-refractivity contribution in [3.05, 3.63) is 58.2 Å². The molecular formula is C20H19FN4O2S. The first-order valence-electron chi connectivity index (χ1n) is 9.19. The highest BCUT2D eigenvalue weighted by Gasteiger charge is 2.45. The molecule has 6 nitrogen and oxygen atoms in total. The molecule has 0 aliphatic carbocycles. The number of carbonyl (C=O) groups excluding carboxylic acids is 1. The number of hydrogen-bond donors (Lipinski definition) is 0. The third kappa shape index (κ3) is 2.93. The Balaban J connectivity index is 1.40. The standard InChI is InChI=1S/C20H19FN4O2S/c1-13-23-16(10-28-13)19(26)24-6-5-20(11-24)12-25-17(8-22-18(25)9-27-20)14-3-2-4-15(21)7-14/h2-4,7-8,10H,5-6,9,11-12H2,1H3/t20-/m0/s1. The fourth-order valence-corrected chi connectivity index (χ4v) is 4.61. The zero-order valence-corrected chi connectivity index (χ0v) is 16.2. The van der Waals surface area contributed by atoms with Gasteiger partial charge in [-0.15, -0.1) is 11.3 Å². The van der Waals surface area contributed by atoms with Gasteiger partial charge in [0, 0.05) is 17.5 Å². The number of hydrogen-bond acceptors (Lipinski definition) is 5. The van der Waals surface area contributed by atoms with Gasteiger partial charge in [0.2, 0.25) is 0 Å². The van der Waals surface area contributed by atoms with E-state index < -0.39 is 5.60 Å². The first-order chi connectivity index (χ1) is 13.5. The lowest BCUT2D eigenvalue weighted by atomic mass is 10.0. The fourth-order valence-electron chi connectivity index (χ4n) is 4.02. The number of likely N-dealkylation sites (tertiary alicyclic amines) is 1. The molecule has 8 heteroatoms. The lowest BCUT2D eigenvalue weighted by Crippen LogP contribution is -2.45. The van der Waals surface area contributed by atoms with Crippen LogP contribution in [0.1, 0.15) is 27.7 Å². The summed E-state index contributed by atoms with van der Waals surface area (Å²) in [6.45, 7) is 4.02. The average molecular weight is 398 g/mol. The molecule has 3 aromatic rings. The summed E-state index contributed by atoms with van der Waals surface area (Å²) in [6.07, 6.45) is 2.52. The Bertz CT molecular complexity index is 1060. The molecule has 1 aromatic carbocycles. The molecule has 144 valence electrons. The Kier molecular flexibility index (Phi) is 4.06. The van der Waals surface area contributed by atoms with Crippen molar-refractivity contribution in [3.63, 3.8) is 0 Å². The Hall–Kier alpha value is -2.58. The van der Waals surface area contributed by atoms with E-state index in [1.165, 1.54) is 23.5 Å². The minimum atomic E-state index is -0.448. The van der Waals surface area contributed by atoms with E-state index in [1.807, 2.05) is 17.9 Å². The Morgan fingerprint density at radius 2 is 2.25 bits per heavy atom. The Morgan fingerprint density at radius 3 is 3.04 bits per heavy atom. The molecule has 1 fully saturated rings. The molecule has 1 saturated heterocycles. The van der Waals surface area contributed by atoms with Crippen LogP contribution in [-0.4, -0.2) is 44.0 Å². The summed E-state index contributed by atoms with van der Waals surface area (Å²) in [5, 5.41) is 2.69. The van der Waals surface area contributed by atoms with E-state index in [4.69, 9.17) is 4.74 Å². The van der Waals surface area contributed by atoms with Crippen LogP contribution in [0.15, 0.2) is 35.8 Å². The Morgan fingerprint density at radius 1 is 1.36 bits per heavy atom. The smallest absolute Gasteiger partial charge is 0.273 e. The maximum absolute atomic E-state index is 13.7. The molecule has 2 aliphatic rings. The van der Waals surface area contributed by atoms with Crippen LogP contribution < -0.4 is 0 Å². The quantitative estimate of drug-likeness (QED) is 0.665. The highest BCUT2D eigenvalue weighted by atomic mass is 32.1. The van der Waals surface area contributed by atoms with E-state index in [0.717, 1.165) is 28.5 Å². The summed E-state index contributed by atoms with van der Waals surface area (Å²) < 4.78 is 22.0. The monoisotopic (exact) mass is 398 g/mol. The molecule has 2 aliphatic heterocycles. The summed E-state index contributed by atoms with van der Waals surface area (Å²) in [6, 6.07) is 6.53. The number of halogens is 1. The van der Waals surface area contributed by atoms with Crippen molar-refractivity contribution >= 4 is 17.2 Å². The number of amides is 1. The second kappa shape index (κ2) is 6.49. The minimum Gasteiger partial charge on any atom is -0.363 e. The number of ether oxygens (including phenoxy) is 1. The first-order valence-corrected chi connectivity index (χ1v) is 10.1. The van der Waals surface area contributed by atoms with Gasteiger partial charge < -0.3 is 14.2 Å². The SMILES string of the molecule is Cc1nc(C(=O)N2CC[C@]3(C2)Cn2c(-c4cccc(F)c4)cnc2CO3)cs1. The summed E-state index contributed by atoms with van der Waals surface area (Å²) in [7, 11) is 0. The van der Waals surface area contributed by atoms with Crippen LogP contribution in [-0.2, 0) is 17.9 Å². The van der Waals surface area contributed by atoms with Crippen molar-refractivity contribution in [1.82, 2.24) is 19.4 Å². The normalized spacial score (nSPS) is 21.3. The molecule has 1 amide bonds. The van der Waals surface area contributed by atoms with E-state index in [2.05, 4.69) is 14.5 Å². The van der Waals surface area contributed by atoms with E-state index >= 15 is 0 Å². The van der Waals surface area contributed by atoms with Crippen LogP contribution in [0.5, 0.6) is 0 Å². The van der Waals surface area contributed by atoms with Gasteiger partial charge >= 0.3 is 0 Å². The second-order valence-corrected chi connectivity index (χ2v) is 8.42. The topological polar surface area (TPSA) is 60.2 Å². The molecule has 0 bridgehead atoms. The van der Waals surface area contributed by atoms with Gasteiger partial charge in [0.05, 0.1) is 30.0 Å². The van der Waals surface area contributed by atoms with E-state index in [0.29, 0.717) is 31.9 Å². The second-order valence-electron chi connectivity index (χ2n) is 7.36.